The molecule has 2 N–H and O–H groups in total. The first-order valence-corrected chi connectivity index (χ1v) is 5.12. The van der Waals surface area contributed by atoms with Gasteiger partial charge in [-0.25, -0.2) is 0 Å². The fraction of sp³-hybridized carbons (Fsp3) is 0.500. The lowest BCUT2D eigenvalue weighted by molar-refractivity contribution is 0.280. The van der Waals surface area contributed by atoms with Crippen molar-refractivity contribution in [3.8, 4) is 0 Å². The van der Waals surface area contributed by atoms with Crippen molar-refractivity contribution in [3.63, 3.8) is 0 Å². The number of aliphatic hydroxyl groups excluding tert-OH is 1. The molecule has 0 radical (unpaired) electrons. The normalized spacial score (nSPS) is 10.9. The van der Waals surface area contributed by atoms with Gasteiger partial charge in [0.1, 0.15) is 0 Å². The van der Waals surface area contributed by atoms with Crippen molar-refractivity contribution in [2.24, 2.45) is 5.92 Å². The SMILES string of the molecule is CC(C)CNCc1ccccc1CO. The van der Waals surface area contributed by atoms with Gasteiger partial charge >= 0.3 is 0 Å². The highest BCUT2D eigenvalue weighted by Crippen LogP contribution is 2.08. The fourth-order valence-electron chi connectivity index (χ4n) is 1.38. The molecule has 1 aromatic carbocycles. The molecule has 0 saturated carbocycles. The number of nitrogens with one attached hydrogen (secondary N) is 1. The van der Waals surface area contributed by atoms with Gasteiger partial charge in [0.25, 0.3) is 0 Å². The Morgan fingerprint density at radius 3 is 2.43 bits per heavy atom. The molecule has 0 spiro atoms. The Balaban J connectivity index is 2.49. The van der Waals surface area contributed by atoms with E-state index in [4.69, 9.17) is 5.11 Å². The van der Waals surface area contributed by atoms with Gasteiger partial charge in [0.15, 0.2) is 0 Å². The van der Waals surface area contributed by atoms with Crippen LogP contribution in [0.4, 0.5) is 0 Å². The van der Waals surface area contributed by atoms with Gasteiger partial charge < -0.3 is 10.4 Å². The van der Waals surface area contributed by atoms with Crippen molar-refractivity contribution in [2.75, 3.05) is 6.54 Å². The van der Waals surface area contributed by atoms with Crippen LogP contribution in [0.2, 0.25) is 0 Å². The Hall–Kier alpha value is -0.860. The van der Waals surface area contributed by atoms with Gasteiger partial charge in [-0.15, -0.1) is 0 Å². The summed E-state index contributed by atoms with van der Waals surface area (Å²) in [5, 5.41) is 12.5. The molecular formula is C12H19NO. The zero-order chi connectivity index (χ0) is 10.4. The van der Waals surface area contributed by atoms with Crippen molar-refractivity contribution in [1.82, 2.24) is 5.32 Å². The third-order valence-corrected chi connectivity index (χ3v) is 2.16. The van der Waals surface area contributed by atoms with E-state index in [0.717, 1.165) is 18.7 Å². The standard InChI is InChI=1S/C12H19NO/c1-10(2)7-13-8-11-5-3-4-6-12(11)9-14/h3-6,10,13-14H,7-9H2,1-2H3. The zero-order valence-electron chi connectivity index (χ0n) is 8.96. The topological polar surface area (TPSA) is 32.3 Å². The average molecular weight is 193 g/mol. The predicted octanol–water partition coefficient (Wildman–Crippen LogP) is 1.92. The number of benzene rings is 1. The fourth-order valence-corrected chi connectivity index (χ4v) is 1.38. The van der Waals surface area contributed by atoms with E-state index in [0.29, 0.717) is 5.92 Å². The number of aliphatic hydroxyl groups is 1. The van der Waals surface area contributed by atoms with E-state index in [-0.39, 0.29) is 6.61 Å². The molecule has 0 heterocycles. The van der Waals surface area contributed by atoms with Crippen LogP contribution in [-0.4, -0.2) is 11.7 Å². The lowest BCUT2D eigenvalue weighted by Crippen LogP contribution is -2.19. The van der Waals surface area contributed by atoms with E-state index in [1.54, 1.807) is 0 Å². The highest BCUT2D eigenvalue weighted by molar-refractivity contribution is 5.26. The maximum Gasteiger partial charge on any atom is 0.0685 e. The second-order valence-corrected chi connectivity index (χ2v) is 3.95. The van der Waals surface area contributed by atoms with Crippen molar-refractivity contribution in [2.45, 2.75) is 27.0 Å². The van der Waals surface area contributed by atoms with E-state index >= 15 is 0 Å². The highest BCUT2D eigenvalue weighted by atomic mass is 16.3. The van der Waals surface area contributed by atoms with Crippen LogP contribution >= 0.6 is 0 Å². The van der Waals surface area contributed by atoms with Gasteiger partial charge in [-0.2, -0.15) is 0 Å². The third-order valence-electron chi connectivity index (χ3n) is 2.16. The highest BCUT2D eigenvalue weighted by Gasteiger charge is 2.00. The van der Waals surface area contributed by atoms with Crippen molar-refractivity contribution in [3.05, 3.63) is 35.4 Å². The lowest BCUT2D eigenvalue weighted by atomic mass is 10.1. The Labute approximate surface area is 86.0 Å². The van der Waals surface area contributed by atoms with Crippen LogP contribution in [0.5, 0.6) is 0 Å². The smallest absolute Gasteiger partial charge is 0.0685 e. The Morgan fingerprint density at radius 2 is 1.86 bits per heavy atom. The molecule has 0 aliphatic heterocycles. The molecule has 78 valence electrons. The molecule has 0 bridgehead atoms. The van der Waals surface area contributed by atoms with Gasteiger partial charge in [-0.3, -0.25) is 0 Å². The molecule has 1 aromatic rings. The number of rotatable bonds is 5. The van der Waals surface area contributed by atoms with Gasteiger partial charge in [0.2, 0.25) is 0 Å². The molecule has 0 amide bonds. The Morgan fingerprint density at radius 1 is 1.21 bits per heavy atom. The summed E-state index contributed by atoms with van der Waals surface area (Å²) >= 11 is 0. The molecule has 0 aliphatic rings. The van der Waals surface area contributed by atoms with Gasteiger partial charge in [-0.05, 0) is 23.6 Å². The Kier molecular flexibility index (Phi) is 4.63. The van der Waals surface area contributed by atoms with Crippen molar-refractivity contribution >= 4 is 0 Å². The van der Waals surface area contributed by atoms with E-state index in [2.05, 4.69) is 25.2 Å². The van der Waals surface area contributed by atoms with Crippen LogP contribution < -0.4 is 5.32 Å². The van der Waals surface area contributed by atoms with E-state index < -0.39 is 0 Å². The van der Waals surface area contributed by atoms with Crippen molar-refractivity contribution in [1.29, 1.82) is 0 Å². The second kappa shape index (κ2) is 5.78. The molecule has 1 rings (SSSR count). The average Bonchev–Trinajstić information content (AvgIpc) is 2.18. The van der Waals surface area contributed by atoms with Crippen LogP contribution in [0.25, 0.3) is 0 Å². The van der Waals surface area contributed by atoms with Gasteiger partial charge in [0, 0.05) is 6.54 Å². The van der Waals surface area contributed by atoms with E-state index in [1.165, 1.54) is 5.56 Å². The van der Waals surface area contributed by atoms with Crippen LogP contribution in [0, 0.1) is 5.92 Å². The third kappa shape index (κ3) is 3.48. The monoisotopic (exact) mass is 193 g/mol. The molecular weight excluding hydrogens is 174 g/mol. The minimum absolute atomic E-state index is 0.125. The molecule has 0 aromatic heterocycles. The lowest BCUT2D eigenvalue weighted by Gasteiger charge is -2.10. The quantitative estimate of drug-likeness (QED) is 0.749. The summed E-state index contributed by atoms with van der Waals surface area (Å²) in [6.07, 6.45) is 0. The molecule has 0 saturated heterocycles. The van der Waals surface area contributed by atoms with Crippen LogP contribution in [0.3, 0.4) is 0 Å². The van der Waals surface area contributed by atoms with E-state index in [1.807, 2.05) is 18.2 Å². The van der Waals surface area contributed by atoms with Gasteiger partial charge in [0.05, 0.1) is 6.61 Å². The first-order chi connectivity index (χ1) is 6.74. The van der Waals surface area contributed by atoms with Crippen LogP contribution in [-0.2, 0) is 13.2 Å². The minimum atomic E-state index is 0.125. The van der Waals surface area contributed by atoms with E-state index in [9.17, 15) is 0 Å². The predicted molar refractivity (Wildman–Crippen MR) is 58.9 cm³/mol. The molecule has 0 unspecified atom stereocenters. The number of hydrogen-bond acceptors (Lipinski definition) is 2. The van der Waals surface area contributed by atoms with Crippen molar-refractivity contribution < 1.29 is 5.11 Å². The molecule has 2 heteroatoms. The Bertz CT molecular complexity index is 271. The molecule has 0 aliphatic carbocycles. The summed E-state index contributed by atoms with van der Waals surface area (Å²) in [7, 11) is 0. The summed E-state index contributed by atoms with van der Waals surface area (Å²) in [5.74, 6) is 0.663. The first-order valence-electron chi connectivity index (χ1n) is 5.12. The summed E-state index contributed by atoms with van der Waals surface area (Å²) in [6.45, 7) is 6.35. The summed E-state index contributed by atoms with van der Waals surface area (Å²) in [5.41, 5.74) is 2.21. The first kappa shape index (κ1) is 11.2. The summed E-state index contributed by atoms with van der Waals surface area (Å²) in [6, 6.07) is 7.98. The maximum absolute atomic E-state index is 9.10. The van der Waals surface area contributed by atoms with Crippen LogP contribution in [0.1, 0.15) is 25.0 Å². The maximum atomic E-state index is 9.10. The zero-order valence-corrected chi connectivity index (χ0v) is 8.96. The minimum Gasteiger partial charge on any atom is -0.392 e. The second-order valence-electron chi connectivity index (χ2n) is 3.95. The number of hydrogen-bond donors (Lipinski definition) is 2. The molecule has 0 atom stereocenters. The van der Waals surface area contributed by atoms with Gasteiger partial charge in [-0.1, -0.05) is 38.1 Å². The molecule has 0 fully saturated rings. The summed E-state index contributed by atoms with van der Waals surface area (Å²) < 4.78 is 0. The molecule has 2 nitrogen and oxygen atoms in total. The summed E-state index contributed by atoms with van der Waals surface area (Å²) in [4.78, 5) is 0. The van der Waals surface area contributed by atoms with Crippen LogP contribution in [0.15, 0.2) is 24.3 Å². The largest absolute Gasteiger partial charge is 0.392 e. The molecule has 14 heavy (non-hydrogen) atoms.